The zero-order chi connectivity index (χ0) is 23.8. The minimum absolute atomic E-state index is 0.0675. The van der Waals surface area contributed by atoms with Gasteiger partial charge in [-0.2, -0.15) is 0 Å². The van der Waals surface area contributed by atoms with Crippen LogP contribution in [-0.2, 0) is 10.0 Å². The molecule has 0 radical (unpaired) electrons. The molecule has 2 amide bonds. The van der Waals surface area contributed by atoms with Crippen LogP contribution in [0.3, 0.4) is 0 Å². The third kappa shape index (κ3) is 4.91. The number of benzene rings is 2. The summed E-state index contributed by atoms with van der Waals surface area (Å²) in [5.74, 6) is 0. The number of sulfonamides is 1. The van der Waals surface area contributed by atoms with E-state index in [1.807, 2.05) is 16.9 Å². The number of amides is 2. The number of hydrogen-bond acceptors (Lipinski definition) is 6. The zero-order valence-electron chi connectivity index (χ0n) is 16.9. The van der Waals surface area contributed by atoms with E-state index >= 15 is 0 Å². The number of fused-ring (bicyclic) bond motifs is 1. The van der Waals surface area contributed by atoms with Gasteiger partial charge in [0.25, 0.3) is 15.6 Å². The number of nitrogens with one attached hydrogen (secondary N) is 3. The van der Waals surface area contributed by atoms with E-state index in [2.05, 4.69) is 26.6 Å². The first-order valence-electron chi connectivity index (χ1n) is 9.40. The molecule has 2 aromatic heterocycles. The molecule has 4 aromatic rings. The Labute approximate surface area is 206 Å². The summed E-state index contributed by atoms with van der Waals surface area (Å²) in [5, 5.41) is 6.86. The van der Waals surface area contributed by atoms with E-state index in [4.69, 9.17) is 11.6 Å². The fourth-order valence-corrected chi connectivity index (χ4v) is 6.07. The van der Waals surface area contributed by atoms with Gasteiger partial charge in [0.1, 0.15) is 4.21 Å². The van der Waals surface area contributed by atoms with Crippen molar-refractivity contribution in [2.45, 2.75) is 4.21 Å². The number of hydrogen-bond donors (Lipinski definition) is 3. The lowest BCUT2D eigenvalue weighted by molar-refractivity contribution is 0.256. The van der Waals surface area contributed by atoms with Crippen molar-refractivity contribution in [3.63, 3.8) is 0 Å². The lowest BCUT2D eigenvalue weighted by atomic mass is 10.1. The molecule has 0 aliphatic heterocycles. The Morgan fingerprint density at radius 1 is 1.09 bits per heavy atom. The first-order chi connectivity index (χ1) is 15.7. The van der Waals surface area contributed by atoms with Gasteiger partial charge in [0, 0.05) is 40.2 Å². The topological polar surface area (TPSA) is 109 Å². The van der Waals surface area contributed by atoms with Crippen LogP contribution < -0.4 is 20.9 Å². The Hall–Kier alpha value is -2.86. The molecule has 170 valence electrons. The summed E-state index contributed by atoms with van der Waals surface area (Å²) >= 11 is 10.1. The van der Waals surface area contributed by atoms with Crippen LogP contribution in [0, 0.1) is 0 Å². The lowest BCUT2D eigenvalue weighted by Gasteiger charge is -2.11. The van der Waals surface area contributed by atoms with E-state index in [1.54, 1.807) is 43.6 Å². The molecular weight excluding hydrogens is 552 g/mol. The molecule has 0 spiro atoms. The molecule has 0 unspecified atom stereocenters. The highest BCUT2D eigenvalue weighted by atomic mass is 79.9. The summed E-state index contributed by atoms with van der Waals surface area (Å²) < 4.78 is 28.9. The number of halogens is 2. The Balaban J connectivity index is 1.54. The second-order valence-corrected chi connectivity index (χ2v) is 11.3. The fraction of sp³-hybridized carbons (Fsp3) is 0.0476. The molecule has 0 atom stereocenters. The van der Waals surface area contributed by atoms with Gasteiger partial charge in [-0.15, -0.1) is 11.3 Å². The van der Waals surface area contributed by atoms with Gasteiger partial charge in [-0.05, 0) is 75.9 Å². The van der Waals surface area contributed by atoms with Crippen LogP contribution in [0.4, 0.5) is 16.2 Å². The largest absolute Gasteiger partial charge is 0.387 e. The third-order valence-corrected chi connectivity index (χ3v) is 8.41. The van der Waals surface area contributed by atoms with Gasteiger partial charge < -0.3 is 10.6 Å². The SMILES string of the molecule is CNc1cc2ccn(-c3ccc(NC(=O)NS(=O)(=O)c4ccc(Cl)s4)cc3)c(=O)c2cc1Br. The van der Waals surface area contributed by atoms with Crippen LogP contribution in [-0.4, -0.2) is 26.1 Å². The van der Waals surface area contributed by atoms with Gasteiger partial charge in [-0.1, -0.05) is 11.6 Å². The number of carbonyl (C=O) groups excluding carboxylic acids is 1. The molecule has 0 saturated heterocycles. The van der Waals surface area contributed by atoms with E-state index < -0.39 is 16.1 Å². The molecule has 33 heavy (non-hydrogen) atoms. The van der Waals surface area contributed by atoms with E-state index in [9.17, 15) is 18.0 Å². The number of rotatable bonds is 5. The average Bonchev–Trinajstić information content (AvgIpc) is 3.22. The Kier molecular flexibility index (Phi) is 6.48. The number of carbonyl (C=O) groups is 1. The van der Waals surface area contributed by atoms with Crippen molar-refractivity contribution in [2.24, 2.45) is 0 Å². The normalized spacial score (nSPS) is 11.4. The summed E-state index contributed by atoms with van der Waals surface area (Å²) in [6, 6.07) is 13.8. The zero-order valence-corrected chi connectivity index (χ0v) is 20.9. The number of aromatic nitrogens is 1. The highest BCUT2D eigenvalue weighted by molar-refractivity contribution is 9.10. The predicted molar refractivity (Wildman–Crippen MR) is 135 cm³/mol. The minimum atomic E-state index is -4.03. The number of pyridine rings is 1. The highest BCUT2D eigenvalue weighted by Crippen LogP contribution is 2.27. The molecule has 2 heterocycles. The van der Waals surface area contributed by atoms with Crippen LogP contribution in [0.15, 0.2) is 74.3 Å². The Bertz CT molecular complexity index is 1530. The predicted octanol–water partition coefficient (Wildman–Crippen LogP) is 5.02. The van der Waals surface area contributed by atoms with Crippen LogP contribution in [0.5, 0.6) is 0 Å². The van der Waals surface area contributed by atoms with Crippen molar-refractivity contribution in [1.82, 2.24) is 9.29 Å². The lowest BCUT2D eigenvalue weighted by Crippen LogP contribution is -2.33. The average molecular weight is 568 g/mol. The van der Waals surface area contributed by atoms with Crippen molar-refractivity contribution in [3.8, 4) is 5.69 Å². The highest BCUT2D eigenvalue weighted by Gasteiger charge is 2.20. The smallest absolute Gasteiger partial charge is 0.333 e. The molecule has 0 bridgehead atoms. The summed E-state index contributed by atoms with van der Waals surface area (Å²) in [7, 11) is -2.22. The first kappa shape index (κ1) is 23.3. The molecule has 4 rings (SSSR count). The van der Waals surface area contributed by atoms with Crippen molar-refractivity contribution in [1.29, 1.82) is 0 Å². The van der Waals surface area contributed by atoms with E-state index in [0.717, 1.165) is 26.9 Å². The maximum atomic E-state index is 13.0. The van der Waals surface area contributed by atoms with Crippen LogP contribution >= 0.6 is 38.9 Å². The Morgan fingerprint density at radius 3 is 2.45 bits per heavy atom. The summed E-state index contributed by atoms with van der Waals surface area (Å²) in [6.07, 6.45) is 1.67. The van der Waals surface area contributed by atoms with Crippen molar-refractivity contribution in [2.75, 3.05) is 17.7 Å². The first-order valence-corrected chi connectivity index (χ1v) is 12.9. The monoisotopic (exact) mass is 566 g/mol. The maximum absolute atomic E-state index is 13.0. The number of thiophene rings is 1. The van der Waals surface area contributed by atoms with Gasteiger partial charge in [0.15, 0.2) is 0 Å². The molecule has 3 N–H and O–H groups in total. The van der Waals surface area contributed by atoms with Gasteiger partial charge in [0.05, 0.1) is 4.34 Å². The molecule has 0 saturated carbocycles. The second kappa shape index (κ2) is 9.18. The molecular formula is C21H16BrClN4O4S2. The van der Waals surface area contributed by atoms with Gasteiger partial charge in [0.2, 0.25) is 0 Å². The van der Waals surface area contributed by atoms with Gasteiger partial charge in [-0.25, -0.2) is 17.9 Å². The number of urea groups is 1. The molecule has 0 aliphatic carbocycles. The number of anilines is 2. The van der Waals surface area contributed by atoms with Gasteiger partial charge >= 0.3 is 6.03 Å². The minimum Gasteiger partial charge on any atom is -0.387 e. The summed E-state index contributed by atoms with van der Waals surface area (Å²) in [4.78, 5) is 25.2. The second-order valence-electron chi connectivity index (χ2n) is 6.83. The maximum Gasteiger partial charge on any atom is 0.333 e. The number of nitrogens with zero attached hydrogens (tertiary/aromatic N) is 1. The molecule has 8 nitrogen and oxygen atoms in total. The Morgan fingerprint density at radius 2 is 1.82 bits per heavy atom. The standard InChI is InChI=1S/C21H16BrClN4O4S2/c1-24-17-10-12-8-9-27(20(28)15(12)11-16(17)22)14-4-2-13(3-5-14)25-21(29)26-33(30,31)19-7-6-18(23)32-19/h2-11,24H,1H3,(H2,25,26,29). The van der Waals surface area contributed by atoms with E-state index in [0.29, 0.717) is 21.1 Å². The van der Waals surface area contributed by atoms with E-state index in [1.165, 1.54) is 16.7 Å². The summed E-state index contributed by atoms with van der Waals surface area (Å²) in [6.45, 7) is 0. The van der Waals surface area contributed by atoms with Crippen LogP contribution in [0.2, 0.25) is 4.34 Å². The summed E-state index contributed by atoms with van der Waals surface area (Å²) in [5.41, 5.74) is 1.61. The van der Waals surface area contributed by atoms with Crippen LogP contribution in [0.25, 0.3) is 16.5 Å². The third-order valence-electron chi connectivity index (χ3n) is 4.70. The molecule has 12 heteroatoms. The molecule has 0 fully saturated rings. The van der Waals surface area contributed by atoms with Gasteiger partial charge in [-0.3, -0.25) is 9.36 Å². The van der Waals surface area contributed by atoms with Crippen LogP contribution in [0.1, 0.15) is 0 Å². The quantitative estimate of drug-likeness (QED) is 0.314. The van der Waals surface area contributed by atoms with E-state index in [-0.39, 0.29) is 9.77 Å². The molecule has 2 aromatic carbocycles. The van der Waals surface area contributed by atoms with Crippen molar-refractivity contribution < 1.29 is 13.2 Å². The van der Waals surface area contributed by atoms with Crippen molar-refractivity contribution in [3.05, 3.63) is 80.0 Å². The molecule has 0 aliphatic rings. The fourth-order valence-electron chi connectivity index (χ4n) is 3.14. The van der Waals surface area contributed by atoms with Crippen molar-refractivity contribution >= 4 is 77.1 Å².